The van der Waals surface area contributed by atoms with E-state index < -0.39 is 0 Å². The molecule has 1 fully saturated rings. The zero-order chi connectivity index (χ0) is 24.6. The number of nitrogens with zero attached hydrogens (tertiary/aromatic N) is 2. The van der Waals surface area contributed by atoms with Gasteiger partial charge in [0.15, 0.2) is 0 Å². The minimum Gasteiger partial charge on any atom is -0.386 e. The Balaban J connectivity index is 1.29. The van der Waals surface area contributed by atoms with Crippen molar-refractivity contribution in [2.75, 3.05) is 5.32 Å². The van der Waals surface area contributed by atoms with Gasteiger partial charge in [-0.2, -0.15) is 5.10 Å². The summed E-state index contributed by atoms with van der Waals surface area (Å²) in [7, 11) is 0. The van der Waals surface area contributed by atoms with Gasteiger partial charge < -0.3 is 11.1 Å². The monoisotopic (exact) mass is 476 g/mol. The van der Waals surface area contributed by atoms with Crippen molar-refractivity contribution in [3.63, 3.8) is 0 Å². The number of rotatable bonds is 6. The van der Waals surface area contributed by atoms with Gasteiger partial charge in [-0.15, -0.1) is 0 Å². The number of aromatic nitrogens is 1. The molecule has 0 aliphatic heterocycles. The third-order valence-electron chi connectivity index (χ3n) is 8.42. The molecule has 3 aliphatic carbocycles. The van der Waals surface area contributed by atoms with Crippen molar-refractivity contribution in [1.82, 2.24) is 10.5 Å². The third-order valence-corrected chi connectivity index (χ3v) is 8.42. The minimum atomic E-state index is -0.275. The highest BCUT2D eigenvalue weighted by atomic mass is 19.1. The Morgan fingerprint density at radius 1 is 1.26 bits per heavy atom. The highest BCUT2D eigenvalue weighted by Crippen LogP contribution is 2.63. The number of nitrogens with two attached hydrogens (primary N) is 2. The summed E-state index contributed by atoms with van der Waals surface area (Å²) < 4.78 is 13.9. The number of fused-ring (bicyclic) bond motifs is 5. The number of aryl methyl sites for hydroxylation is 1. The number of hydrazone groups is 1. The van der Waals surface area contributed by atoms with E-state index in [4.69, 9.17) is 11.6 Å². The Labute approximate surface area is 205 Å². The molecule has 3 aliphatic rings. The standard InChI is InChI=1S/C27H33FN6O/c1-27-11-10-21-20-5-3-19(32-26(35)9-8-25(29)33-34-30)13-16(20)2-4-22(21)24(27)7-6-23(27)17-12-18(28)15-31-14-17/h3,5-6,12-15,21-22,24,34H,2,4,7-11,30H2,1H3,(H2,29,33)(H,32,35). The van der Waals surface area contributed by atoms with E-state index in [1.54, 1.807) is 12.3 Å². The van der Waals surface area contributed by atoms with Crippen LogP contribution in [0, 0.1) is 23.1 Å². The van der Waals surface area contributed by atoms with Gasteiger partial charge in [-0.3, -0.25) is 9.78 Å². The molecule has 1 aromatic carbocycles. The number of hydrogen-bond acceptors (Lipinski definition) is 5. The van der Waals surface area contributed by atoms with Crippen LogP contribution in [0.5, 0.6) is 0 Å². The predicted octanol–water partition coefficient (Wildman–Crippen LogP) is 4.22. The molecule has 0 saturated heterocycles. The average molecular weight is 477 g/mol. The van der Waals surface area contributed by atoms with E-state index in [2.05, 4.69) is 46.1 Å². The van der Waals surface area contributed by atoms with Crippen LogP contribution in [0.1, 0.15) is 68.1 Å². The smallest absolute Gasteiger partial charge is 0.224 e. The highest BCUT2D eigenvalue weighted by molar-refractivity contribution is 5.94. The zero-order valence-corrected chi connectivity index (χ0v) is 20.1. The summed E-state index contributed by atoms with van der Waals surface area (Å²) in [6, 6.07) is 7.98. The predicted molar refractivity (Wildman–Crippen MR) is 135 cm³/mol. The summed E-state index contributed by atoms with van der Waals surface area (Å²) in [5, 5.41) is 6.66. The van der Waals surface area contributed by atoms with Gasteiger partial charge in [-0.25, -0.2) is 15.8 Å². The zero-order valence-electron chi connectivity index (χ0n) is 20.1. The number of carbonyl (C=O) groups is 1. The molecule has 7 nitrogen and oxygen atoms in total. The van der Waals surface area contributed by atoms with Gasteiger partial charge in [0, 0.05) is 24.7 Å². The molecule has 0 bridgehead atoms. The number of anilines is 1. The molecule has 5 rings (SSSR count). The Morgan fingerprint density at radius 2 is 2.11 bits per heavy atom. The molecule has 1 heterocycles. The number of halogens is 1. The van der Waals surface area contributed by atoms with E-state index in [1.165, 1.54) is 22.9 Å². The van der Waals surface area contributed by atoms with Crippen molar-refractivity contribution < 1.29 is 9.18 Å². The normalized spacial score (nSPS) is 27.3. The lowest BCUT2D eigenvalue weighted by atomic mass is 9.54. The molecule has 0 radical (unpaired) electrons. The van der Waals surface area contributed by atoms with Crippen LogP contribution in [-0.4, -0.2) is 16.7 Å². The second-order valence-electron chi connectivity index (χ2n) is 10.3. The number of benzene rings is 1. The van der Waals surface area contributed by atoms with Crippen molar-refractivity contribution in [1.29, 1.82) is 0 Å². The Bertz CT molecular complexity index is 1190. The largest absolute Gasteiger partial charge is 0.386 e. The van der Waals surface area contributed by atoms with Gasteiger partial charge in [-0.1, -0.05) is 19.1 Å². The lowest BCUT2D eigenvalue weighted by Gasteiger charge is -2.50. The maximum atomic E-state index is 13.9. The van der Waals surface area contributed by atoms with Crippen molar-refractivity contribution in [3.8, 4) is 0 Å². The van der Waals surface area contributed by atoms with Gasteiger partial charge in [0.1, 0.15) is 11.7 Å². The fourth-order valence-corrected chi connectivity index (χ4v) is 6.84. The number of nitrogens with one attached hydrogen (secondary N) is 2. The summed E-state index contributed by atoms with van der Waals surface area (Å²) in [4.78, 5) is 16.4. The molecular formula is C27H33FN6O. The van der Waals surface area contributed by atoms with Crippen LogP contribution < -0.4 is 22.4 Å². The molecule has 8 heteroatoms. The number of hydrogen-bond donors (Lipinski definition) is 4. The molecular weight excluding hydrogens is 443 g/mol. The second kappa shape index (κ2) is 9.41. The van der Waals surface area contributed by atoms with E-state index in [-0.39, 0.29) is 23.6 Å². The number of amidine groups is 1. The van der Waals surface area contributed by atoms with Crippen LogP contribution in [0.15, 0.2) is 47.8 Å². The van der Waals surface area contributed by atoms with Gasteiger partial charge in [0.05, 0.1) is 6.20 Å². The molecule has 1 saturated carbocycles. The molecule has 184 valence electrons. The van der Waals surface area contributed by atoms with Gasteiger partial charge >= 0.3 is 0 Å². The molecule has 35 heavy (non-hydrogen) atoms. The number of amides is 1. The average Bonchev–Trinajstić information content (AvgIpc) is 3.20. The van der Waals surface area contributed by atoms with E-state index >= 15 is 0 Å². The first kappa shape index (κ1) is 23.5. The molecule has 6 N–H and O–H groups in total. The minimum absolute atomic E-state index is 0.0621. The molecule has 4 unspecified atom stereocenters. The molecule has 2 aromatic rings. The maximum absolute atomic E-state index is 13.9. The Hall–Kier alpha value is -3.26. The number of allylic oxidation sites excluding steroid dienone is 2. The van der Waals surface area contributed by atoms with Crippen LogP contribution in [0.2, 0.25) is 0 Å². The van der Waals surface area contributed by atoms with E-state index in [0.29, 0.717) is 30.0 Å². The number of hydrazine groups is 1. The number of pyridine rings is 1. The summed E-state index contributed by atoms with van der Waals surface area (Å²) in [6.07, 6.45) is 11.4. The van der Waals surface area contributed by atoms with E-state index in [0.717, 1.165) is 43.4 Å². The number of carbonyl (C=O) groups excluding carboxylic acids is 1. The lowest BCUT2D eigenvalue weighted by Crippen LogP contribution is -2.40. The molecule has 4 atom stereocenters. The summed E-state index contributed by atoms with van der Waals surface area (Å²) >= 11 is 0. The highest BCUT2D eigenvalue weighted by Gasteiger charge is 2.51. The van der Waals surface area contributed by atoms with Crippen molar-refractivity contribution in [3.05, 3.63) is 65.2 Å². The van der Waals surface area contributed by atoms with Crippen LogP contribution in [0.25, 0.3) is 5.57 Å². The van der Waals surface area contributed by atoms with Gasteiger partial charge in [0.25, 0.3) is 0 Å². The van der Waals surface area contributed by atoms with Gasteiger partial charge in [-0.05, 0) is 95.7 Å². The van der Waals surface area contributed by atoms with Crippen LogP contribution in [-0.2, 0) is 11.2 Å². The fourth-order valence-electron chi connectivity index (χ4n) is 6.84. The quantitative estimate of drug-likeness (QED) is 0.215. The van der Waals surface area contributed by atoms with Gasteiger partial charge in [0.2, 0.25) is 5.91 Å². The second-order valence-corrected chi connectivity index (χ2v) is 10.3. The van der Waals surface area contributed by atoms with Crippen LogP contribution in [0.4, 0.5) is 10.1 Å². The van der Waals surface area contributed by atoms with E-state index in [9.17, 15) is 9.18 Å². The van der Waals surface area contributed by atoms with Crippen molar-refractivity contribution in [2.24, 2.45) is 33.9 Å². The Kier molecular flexibility index (Phi) is 6.32. The third kappa shape index (κ3) is 4.43. The first-order chi connectivity index (χ1) is 16.9. The summed E-state index contributed by atoms with van der Waals surface area (Å²) in [5.74, 6) is 6.72. The molecule has 0 spiro atoms. The summed E-state index contributed by atoms with van der Waals surface area (Å²) in [5.41, 5.74) is 13.7. The van der Waals surface area contributed by atoms with Crippen LogP contribution in [0.3, 0.4) is 0 Å². The topological polar surface area (TPSA) is 118 Å². The van der Waals surface area contributed by atoms with Crippen molar-refractivity contribution in [2.45, 2.75) is 57.8 Å². The molecule has 1 amide bonds. The Morgan fingerprint density at radius 3 is 2.91 bits per heavy atom. The SMILES string of the molecule is CC12CCC3c4ccc(NC(=O)CC/C(N)=N/NN)cc4CCC3C1CC=C2c1cncc(F)c1. The van der Waals surface area contributed by atoms with Crippen LogP contribution >= 0.6 is 0 Å². The molecule has 1 aromatic heterocycles. The fraction of sp³-hybridized carbons (Fsp3) is 0.444. The summed E-state index contributed by atoms with van der Waals surface area (Å²) in [6.45, 7) is 2.37. The maximum Gasteiger partial charge on any atom is 0.224 e. The first-order valence-electron chi connectivity index (χ1n) is 12.4. The van der Waals surface area contributed by atoms with E-state index in [1.807, 2.05) is 6.07 Å². The first-order valence-corrected chi connectivity index (χ1v) is 12.4. The lowest BCUT2D eigenvalue weighted by molar-refractivity contribution is -0.116. The van der Waals surface area contributed by atoms with Crippen molar-refractivity contribution >= 4 is 23.0 Å².